The molecule has 188 valence electrons. The Morgan fingerprint density at radius 3 is 2.43 bits per heavy atom. The van der Waals surface area contributed by atoms with Crippen molar-refractivity contribution in [3.05, 3.63) is 64.7 Å². The second kappa shape index (κ2) is 10.4. The van der Waals surface area contributed by atoms with Crippen LogP contribution >= 0.6 is 11.6 Å². The van der Waals surface area contributed by atoms with E-state index in [-0.39, 0.29) is 48.2 Å². The first-order chi connectivity index (χ1) is 16.3. The van der Waals surface area contributed by atoms with Gasteiger partial charge in [0.25, 0.3) is 15.9 Å². The van der Waals surface area contributed by atoms with E-state index in [1.165, 1.54) is 17.0 Å². The highest BCUT2D eigenvalue weighted by Gasteiger charge is 2.40. The van der Waals surface area contributed by atoms with Crippen molar-refractivity contribution in [2.75, 3.05) is 6.54 Å². The summed E-state index contributed by atoms with van der Waals surface area (Å²) < 4.78 is 26.3. The zero-order valence-corrected chi connectivity index (χ0v) is 21.8. The van der Waals surface area contributed by atoms with Crippen LogP contribution in [0, 0.1) is 0 Å². The molecule has 1 aliphatic heterocycles. The van der Waals surface area contributed by atoms with Gasteiger partial charge in [-0.3, -0.25) is 14.4 Å². The number of nitrogens with zero attached hydrogens (tertiary/aromatic N) is 2. The lowest BCUT2D eigenvalue weighted by Gasteiger charge is -2.31. The number of carbonyl (C=O) groups is 3. The van der Waals surface area contributed by atoms with Crippen molar-refractivity contribution in [3.63, 3.8) is 0 Å². The first-order valence-electron chi connectivity index (χ1n) is 11.3. The van der Waals surface area contributed by atoms with Gasteiger partial charge in [-0.05, 0) is 63.9 Å². The van der Waals surface area contributed by atoms with Gasteiger partial charge in [0.2, 0.25) is 11.8 Å². The molecule has 1 N–H and O–H groups in total. The highest BCUT2D eigenvalue weighted by atomic mass is 35.5. The zero-order valence-electron chi connectivity index (χ0n) is 20.2. The predicted octanol–water partition coefficient (Wildman–Crippen LogP) is 3.60. The quantitative estimate of drug-likeness (QED) is 0.574. The van der Waals surface area contributed by atoms with E-state index >= 15 is 0 Å². The molecule has 0 bridgehead atoms. The Hall–Kier alpha value is -2.91. The van der Waals surface area contributed by atoms with Gasteiger partial charge < -0.3 is 10.2 Å². The first kappa shape index (κ1) is 26.7. The molecule has 1 atom stereocenters. The number of sulfonamides is 1. The van der Waals surface area contributed by atoms with E-state index in [0.29, 0.717) is 5.02 Å². The van der Waals surface area contributed by atoms with Crippen LogP contribution in [0.25, 0.3) is 0 Å². The summed E-state index contributed by atoms with van der Waals surface area (Å²) in [6.07, 6.45) is 0.0841. The molecule has 35 heavy (non-hydrogen) atoms. The lowest BCUT2D eigenvalue weighted by Crippen LogP contribution is -2.52. The fourth-order valence-electron chi connectivity index (χ4n) is 3.86. The summed E-state index contributed by atoms with van der Waals surface area (Å²) in [6.45, 7) is 7.24. The average Bonchev–Trinajstić information content (AvgIpc) is 2.96. The minimum absolute atomic E-state index is 0.0219. The standard InChI is InChI=1S/C25H30ClN3O5S/c1-17(23(31)27-25(2,3)4)28(16-18-9-7-10-19(26)15-18)22(30)13-8-14-29-24(32)20-11-5-6-12-21(20)35(29,33)34/h5-7,9-12,15,17H,8,13-14,16H2,1-4H3,(H,27,31)/t17-/m0/s1. The van der Waals surface area contributed by atoms with Gasteiger partial charge in [0.15, 0.2) is 0 Å². The lowest BCUT2D eigenvalue weighted by atomic mass is 10.1. The molecule has 2 aromatic carbocycles. The molecular weight excluding hydrogens is 490 g/mol. The Morgan fingerprint density at radius 1 is 1.11 bits per heavy atom. The number of hydrogen-bond donors (Lipinski definition) is 1. The summed E-state index contributed by atoms with van der Waals surface area (Å²) in [5.41, 5.74) is 0.415. The topological polar surface area (TPSA) is 104 Å². The summed E-state index contributed by atoms with van der Waals surface area (Å²) >= 11 is 6.10. The normalized spacial score (nSPS) is 15.5. The molecule has 1 heterocycles. The Kier molecular flexibility index (Phi) is 7.91. The van der Waals surface area contributed by atoms with Crippen molar-refractivity contribution in [1.29, 1.82) is 0 Å². The van der Waals surface area contributed by atoms with Crippen LogP contribution in [0.5, 0.6) is 0 Å². The molecule has 2 aromatic rings. The van der Waals surface area contributed by atoms with E-state index in [2.05, 4.69) is 5.32 Å². The Morgan fingerprint density at radius 2 is 1.80 bits per heavy atom. The van der Waals surface area contributed by atoms with Gasteiger partial charge in [0.1, 0.15) is 10.9 Å². The number of fused-ring (bicyclic) bond motifs is 1. The van der Waals surface area contributed by atoms with Crippen molar-refractivity contribution in [1.82, 2.24) is 14.5 Å². The fourth-order valence-corrected chi connectivity index (χ4v) is 5.68. The highest BCUT2D eigenvalue weighted by molar-refractivity contribution is 7.90. The van der Waals surface area contributed by atoms with E-state index < -0.39 is 27.5 Å². The van der Waals surface area contributed by atoms with Crippen molar-refractivity contribution in [2.24, 2.45) is 0 Å². The van der Waals surface area contributed by atoms with Crippen LogP contribution in [0.4, 0.5) is 0 Å². The van der Waals surface area contributed by atoms with Gasteiger partial charge in [-0.25, -0.2) is 12.7 Å². The predicted molar refractivity (Wildman–Crippen MR) is 133 cm³/mol. The van der Waals surface area contributed by atoms with Gasteiger partial charge >= 0.3 is 0 Å². The van der Waals surface area contributed by atoms with Crippen LogP contribution in [-0.4, -0.2) is 53.5 Å². The fraction of sp³-hybridized carbons (Fsp3) is 0.400. The van der Waals surface area contributed by atoms with Crippen LogP contribution in [0.15, 0.2) is 53.4 Å². The summed E-state index contributed by atoms with van der Waals surface area (Å²) in [5.74, 6) is -1.23. The second-order valence-corrected chi connectivity index (χ2v) is 11.8. The van der Waals surface area contributed by atoms with Crippen LogP contribution in [0.1, 0.15) is 56.5 Å². The SMILES string of the molecule is C[C@@H](C(=O)NC(C)(C)C)N(Cc1cccc(Cl)c1)C(=O)CCCN1C(=O)c2ccccc2S1(=O)=O. The third kappa shape index (κ3) is 6.21. The molecule has 0 aromatic heterocycles. The van der Waals surface area contributed by atoms with E-state index in [4.69, 9.17) is 11.6 Å². The third-order valence-corrected chi connectivity index (χ3v) is 7.65. The maximum absolute atomic E-state index is 13.2. The molecule has 0 radical (unpaired) electrons. The zero-order chi connectivity index (χ0) is 26.0. The Balaban J connectivity index is 1.73. The Bertz CT molecular complexity index is 1240. The largest absolute Gasteiger partial charge is 0.350 e. The molecule has 0 unspecified atom stereocenters. The molecule has 0 aliphatic carbocycles. The van der Waals surface area contributed by atoms with Crippen LogP contribution in [0.3, 0.4) is 0 Å². The van der Waals surface area contributed by atoms with E-state index in [1.54, 1.807) is 37.3 Å². The minimum atomic E-state index is -3.94. The molecular formula is C25H30ClN3O5S. The molecule has 0 spiro atoms. The maximum Gasteiger partial charge on any atom is 0.269 e. The summed E-state index contributed by atoms with van der Waals surface area (Å²) in [4.78, 5) is 40.1. The van der Waals surface area contributed by atoms with Crippen molar-refractivity contribution < 1.29 is 22.8 Å². The van der Waals surface area contributed by atoms with Crippen molar-refractivity contribution in [3.8, 4) is 0 Å². The number of amides is 3. The van der Waals surface area contributed by atoms with Crippen LogP contribution < -0.4 is 5.32 Å². The number of halogens is 1. The minimum Gasteiger partial charge on any atom is -0.350 e. The number of hydrogen-bond acceptors (Lipinski definition) is 5. The van der Waals surface area contributed by atoms with Gasteiger partial charge in [-0.15, -0.1) is 0 Å². The van der Waals surface area contributed by atoms with Gasteiger partial charge in [0, 0.05) is 30.1 Å². The third-order valence-electron chi connectivity index (χ3n) is 5.57. The number of rotatable bonds is 8. The highest BCUT2D eigenvalue weighted by Crippen LogP contribution is 2.30. The monoisotopic (exact) mass is 519 g/mol. The van der Waals surface area contributed by atoms with Crippen molar-refractivity contribution >= 4 is 39.3 Å². The second-order valence-electron chi connectivity index (χ2n) is 9.55. The molecule has 0 saturated heterocycles. The molecule has 3 rings (SSSR count). The van der Waals surface area contributed by atoms with E-state index in [0.717, 1.165) is 9.87 Å². The number of nitrogens with one attached hydrogen (secondary N) is 1. The van der Waals surface area contributed by atoms with Gasteiger partial charge in [-0.2, -0.15) is 0 Å². The van der Waals surface area contributed by atoms with E-state index in [1.807, 2.05) is 26.8 Å². The molecule has 0 saturated carbocycles. The molecule has 8 nitrogen and oxygen atoms in total. The van der Waals surface area contributed by atoms with Crippen LogP contribution in [-0.2, 0) is 26.2 Å². The molecule has 10 heteroatoms. The van der Waals surface area contributed by atoms with Crippen molar-refractivity contribution in [2.45, 2.75) is 63.6 Å². The molecule has 1 aliphatic rings. The maximum atomic E-state index is 13.2. The summed E-state index contributed by atoms with van der Waals surface area (Å²) in [7, 11) is -3.94. The summed E-state index contributed by atoms with van der Waals surface area (Å²) in [5, 5.41) is 3.40. The average molecular weight is 520 g/mol. The number of benzene rings is 2. The lowest BCUT2D eigenvalue weighted by molar-refractivity contribution is -0.141. The smallest absolute Gasteiger partial charge is 0.269 e. The van der Waals surface area contributed by atoms with Gasteiger partial charge in [-0.1, -0.05) is 35.9 Å². The molecule has 3 amide bonds. The number of carbonyl (C=O) groups excluding carboxylic acids is 3. The molecule has 0 fully saturated rings. The van der Waals surface area contributed by atoms with Gasteiger partial charge in [0.05, 0.1) is 5.56 Å². The first-order valence-corrected chi connectivity index (χ1v) is 13.1. The van der Waals surface area contributed by atoms with E-state index in [9.17, 15) is 22.8 Å². The Labute approximate surface area is 211 Å². The van der Waals surface area contributed by atoms with Crippen LogP contribution in [0.2, 0.25) is 5.02 Å². The summed E-state index contributed by atoms with van der Waals surface area (Å²) in [6, 6.07) is 12.3.